The molecule has 0 saturated heterocycles. The highest BCUT2D eigenvalue weighted by molar-refractivity contribution is 7.42. The molecular weight excluding hydrogens is 221 g/mol. The van der Waals surface area contributed by atoms with E-state index in [9.17, 15) is 0 Å². The van der Waals surface area contributed by atoms with Gasteiger partial charge in [0.2, 0.25) is 8.53 Å². The second-order valence-corrected chi connectivity index (χ2v) is 5.27. The van der Waals surface area contributed by atoms with Gasteiger partial charge in [-0.25, -0.2) is 0 Å². The summed E-state index contributed by atoms with van der Waals surface area (Å²) in [7, 11) is -1.89. The molecule has 0 aliphatic heterocycles. The Morgan fingerprint density at radius 3 is 1.62 bits per heavy atom. The van der Waals surface area contributed by atoms with Crippen molar-refractivity contribution >= 4 is 8.53 Å². The van der Waals surface area contributed by atoms with Crippen molar-refractivity contribution in [2.75, 3.05) is 6.54 Å². The van der Waals surface area contributed by atoms with Crippen LogP contribution in [0.1, 0.15) is 71.1 Å². The molecule has 0 unspecified atom stereocenters. The van der Waals surface area contributed by atoms with E-state index in [4.69, 9.17) is 9.79 Å². The van der Waals surface area contributed by atoms with Gasteiger partial charge in [-0.15, -0.1) is 0 Å². The van der Waals surface area contributed by atoms with Gasteiger partial charge in [0.1, 0.15) is 0 Å². The van der Waals surface area contributed by atoms with Crippen molar-refractivity contribution in [3.63, 3.8) is 0 Å². The molecule has 16 heavy (non-hydrogen) atoms. The molecule has 3 nitrogen and oxygen atoms in total. The van der Waals surface area contributed by atoms with Crippen molar-refractivity contribution < 1.29 is 9.79 Å². The van der Waals surface area contributed by atoms with Crippen LogP contribution >= 0.6 is 8.53 Å². The molecule has 0 rings (SSSR count). The highest BCUT2D eigenvalue weighted by Crippen LogP contribution is 2.15. The fourth-order valence-corrected chi connectivity index (χ4v) is 2.15. The zero-order valence-electron chi connectivity index (χ0n) is 10.6. The summed E-state index contributed by atoms with van der Waals surface area (Å²) in [5.74, 6) is 0. The second-order valence-electron chi connectivity index (χ2n) is 4.38. The minimum atomic E-state index is -1.89. The SMILES string of the molecule is CCCCCCCCCCCCNP(O)O. The van der Waals surface area contributed by atoms with Gasteiger partial charge in [0.25, 0.3) is 0 Å². The van der Waals surface area contributed by atoms with E-state index in [0.29, 0.717) is 0 Å². The lowest BCUT2D eigenvalue weighted by Gasteiger charge is -2.04. The Morgan fingerprint density at radius 2 is 1.19 bits per heavy atom. The average molecular weight is 249 g/mol. The summed E-state index contributed by atoms with van der Waals surface area (Å²) in [6, 6.07) is 0. The Morgan fingerprint density at radius 1 is 0.750 bits per heavy atom. The largest absolute Gasteiger partial charge is 0.338 e. The maximum atomic E-state index is 8.61. The topological polar surface area (TPSA) is 52.5 Å². The van der Waals surface area contributed by atoms with Crippen LogP contribution in [-0.2, 0) is 0 Å². The van der Waals surface area contributed by atoms with Gasteiger partial charge in [0.05, 0.1) is 0 Å². The first kappa shape index (κ1) is 16.3. The van der Waals surface area contributed by atoms with Gasteiger partial charge >= 0.3 is 0 Å². The van der Waals surface area contributed by atoms with Crippen LogP contribution in [0.2, 0.25) is 0 Å². The second kappa shape index (κ2) is 13.4. The Kier molecular flexibility index (Phi) is 13.6. The third-order valence-corrected chi connectivity index (χ3v) is 3.29. The number of unbranched alkanes of at least 4 members (excludes halogenated alkanes) is 9. The summed E-state index contributed by atoms with van der Waals surface area (Å²) in [6.07, 6.45) is 13.1. The maximum absolute atomic E-state index is 8.61. The normalized spacial score (nSPS) is 11.2. The molecule has 98 valence electrons. The van der Waals surface area contributed by atoms with Gasteiger partial charge in [-0.1, -0.05) is 64.7 Å². The molecule has 0 fully saturated rings. The molecule has 0 saturated carbocycles. The minimum absolute atomic E-state index is 0.731. The summed E-state index contributed by atoms with van der Waals surface area (Å²) >= 11 is 0. The first-order valence-corrected chi connectivity index (χ1v) is 7.93. The van der Waals surface area contributed by atoms with Crippen molar-refractivity contribution in [2.24, 2.45) is 0 Å². The summed E-state index contributed by atoms with van der Waals surface area (Å²) in [5.41, 5.74) is 0. The molecule has 0 aromatic heterocycles. The van der Waals surface area contributed by atoms with Crippen molar-refractivity contribution in [1.82, 2.24) is 5.09 Å². The summed E-state index contributed by atoms with van der Waals surface area (Å²) in [4.78, 5) is 17.2. The van der Waals surface area contributed by atoms with Crippen LogP contribution in [0.4, 0.5) is 0 Å². The zero-order valence-corrected chi connectivity index (χ0v) is 11.5. The molecule has 0 bridgehead atoms. The molecule has 0 aliphatic rings. The van der Waals surface area contributed by atoms with E-state index in [2.05, 4.69) is 12.0 Å². The maximum Gasteiger partial charge on any atom is 0.250 e. The van der Waals surface area contributed by atoms with E-state index in [1.165, 1.54) is 57.8 Å². The van der Waals surface area contributed by atoms with E-state index in [-0.39, 0.29) is 0 Å². The van der Waals surface area contributed by atoms with Crippen LogP contribution in [0.3, 0.4) is 0 Å². The quantitative estimate of drug-likeness (QED) is 0.365. The first-order chi connectivity index (χ1) is 7.77. The van der Waals surface area contributed by atoms with Gasteiger partial charge in [0, 0.05) is 6.54 Å². The molecule has 0 radical (unpaired) electrons. The molecule has 0 atom stereocenters. The van der Waals surface area contributed by atoms with E-state index >= 15 is 0 Å². The highest BCUT2D eigenvalue weighted by atomic mass is 31.2. The van der Waals surface area contributed by atoms with Crippen LogP contribution in [0.5, 0.6) is 0 Å². The first-order valence-electron chi connectivity index (χ1n) is 6.68. The van der Waals surface area contributed by atoms with Gasteiger partial charge in [-0.3, -0.25) is 5.09 Å². The predicted molar refractivity (Wildman–Crippen MR) is 71.2 cm³/mol. The van der Waals surface area contributed by atoms with Gasteiger partial charge in [0.15, 0.2) is 0 Å². The lowest BCUT2D eigenvalue weighted by Crippen LogP contribution is -2.07. The molecule has 0 spiro atoms. The van der Waals surface area contributed by atoms with E-state index in [1.54, 1.807) is 0 Å². The highest BCUT2D eigenvalue weighted by Gasteiger charge is 1.96. The number of hydrogen-bond acceptors (Lipinski definition) is 3. The van der Waals surface area contributed by atoms with E-state index in [1.807, 2.05) is 0 Å². The van der Waals surface area contributed by atoms with Crippen LogP contribution in [0, 0.1) is 0 Å². The molecular formula is C12H28NO2P. The van der Waals surface area contributed by atoms with Gasteiger partial charge < -0.3 is 9.79 Å². The Balaban J connectivity index is 2.88. The van der Waals surface area contributed by atoms with Crippen molar-refractivity contribution in [1.29, 1.82) is 0 Å². The lowest BCUT2D eigenvalue weighted by molar-refractivity contribution is 0.461. The smallest absolute Gasteiger partial charge is 0.250 e. The molecule has 0 amide bonds. The van der Waals surface area contributed by atoms with Crippen molar-refractivity contribution in [3.8, 4) is 0 Å². The minimum Gasteiger partial charge on any atom is -0.338 e. The third-order valence-electron chi connectivity index (χ3n) is 2.78. The molecule has 0 aromatic carbocycles. The molecule has 3 N–H and O–H groups in total. The standard InChI is InChI=1S/C12H28NO2P/c1-2-3-4-5-6-7-8-9-10-11-12-13-16(14)15/h13-15H,2-12H2,1H3. The predicted octanol–water partition coefficient (Wildman–Crippen LogP) is 3.71. The Labute approximate surface area is 102 Å². The molecule has 0 aliphatic carbocycles. The third kappa shape index (κ3) is 14.3. The van der Waals surface area contributed by atoms with Crippen molar-refractivity contribution in [3.05, 3.63) is 0 Å². The van der Waals surface area contributed by atoms with E-state index < -0.39 is 8.53 Å². The summed E-state index contributed by atoms with van der Waals surface area (Å²) in [6.45, 7) is 2.98. The summed E-state index contributed by atoms with van der Waals surface area (Å²) in [5, 5.41) is 2.65. The zero-order chi connectivity index (χ0) is 12.1. The molecule has 0 aromatic rings. The van der Waals surface area contributed by atoms with Crippen LogP contribution in [0.25, 0.3) is 0 Å². The molecule has 4 heteroatoms. The van der Waals surface area contributed by atoms with Crippen LogP contribution in [0.15, 0.2) is 0 Å². The van der Waals surface area contributed by atoms with Crippen molar-refractivity contribution in [2.45, 2.75) is 71.1 Å². The van der Waals surface area contributed by atoms with Crippen LogP contribution in [-0.4, -0.2) is 16.3 Å². The summed E-state index contributed by atoms with van der Waals surface area (Å²) < 4.78 is 0. The number of hydrogen-bond donors (Lipinski definition) is 3. The van der Waals surface area contributed by atoms with Gasteiger partial charge in [-0.2, -0.15) is 0 Å². The Bertz CT molecular complexity index is 134. The monoisotopic (exact) mass is 249 g/mol. The van der Waals surface area contributed by atoms with Gasteiger partial charge in [-0.05, 0) is 6.42 Å². The molecule has 0 heterocycles. The fourth-order valence-electron chi connectivity index (χ4n) is 1.79. The van der Waals surface area contributed by atoms with Crippen LogP contribution < -0.4 is 5.09 Å². The fraction of sp³-hybridized carbons (Fsp3) is 1.00. The lowest BCUT2D eigenvalue weighted by atomic mass is 10.1. The average Bonchev–Trinajstić information content (AvgIpc) is 2.25. The number of rotatable bonds is 12. The van der Waals surface area contributed by atoms with E-state index in [0.717, 1.165) is 13.0 Å². The number of nitrogens with one attached hydrogen (secondary N) is 1. The Hall–Kier alpha value is 0.310.